The molecule has 0 aliphatic rings. The molecule has 0 saturated carbocycles. The average Bonchev–Trinajstić information content (AvgIpc) is 1.97. The Kier molecular flexibility index (Phi) is 4.38. The predicted octanol–water partition coefficient (Wildman–Crippen LogP) is -1.24. The molecule has 0 amide bonds. The van der Waals surface area contributed by atoms with Gasteiger partial charge in [0.15, 0.2) is 6.10 Å². The van der Waals surface area contributed by atoms with Gasteiger partial charge in [0.25, 0.3) is 10.2 Å². The molecule has 0 aromatic rings. The minimum Gasteiger partial charge on any atom is -0.394 e. The highest BCUT2D eigenvalue weighted by Crippen LogP contribution is 1.92. The van der Waals surface area contributed by atoms with Crippen molar-refractivity contribution in [2.24, 2.45) is 0 Å². The number of hydrogen-bond acceptors (Lipinski definition) is 7. The van der Waals surface area contributed by atoms with Gasteiger partial charge in [0.05, 0.1) is 6.61 Å². The Morgan fingerprint density at radius 1 is 1.33 bits per heavy atom. The van der Waals surface area contributed by atoms with Crippen molar-refractivity contribution in [2.75, 3.05) is 13.2 Å². The molecule has 0 fully saturated rings. The minimum absolute atomic E-state index is 0.676. The Morgan fingerprint density at radius 3 is 2.25 bits per heavy atom. The van der Waals surface area contributed by atoms with E-state index in [1.165, 1.54) is 0 Å². The fourth-order valence-corrected chi connectivity index (χ4v) is 0.382. The Balaban J connectivity index is 3.67. The maximum Gasteiger partial charge on any atom is 0.294 e. The predicted molar refractivity (Wildman–Crippen MR) is 31.9 cm³/mol. The number of hydrogen-bond donors (Lipinski definition) is 1. The van der Waals surface area contributed by atoms with Crippen molar-refractivity contribution in [1.82, 2.24) is 0 Å². The van der Waals surface area contributed by atoms with E-state index in [9.17, 15) is 20.2 Å². The Morgan fingerprint density at radius 2 is 1.92 bits per heavy atom. The Labute approximate surface area is 65.7 Å². The van der Waals surface area contributed by atoms with Crippen LogP contribution in [0, 0.1) is 20.2 Å². The molecule has 9 heteroatoms. The van der Waals surface area contributed by atoms with Crippen LogP contribution in [0.3, 0.4) is 0 Å². The second-order valence-electron chi connectivity index (χ2n) is 1.65. The van der Waals surface area contributed by atoms with Crippen molar-refractivity contribution >= 4 is 0 Å². The lowest BCUT2D eigenvalue weighted by molar-refractivity contribution is -0.790. The summed E-state index contributed by atoms with van der Waals surface area (Å²) in [6.07, 6.45) is -1.33. The molecule has 0 aliphatic heterocycles. The van der Waals surface area contributed by atoms with E-state index in [4.69, 9.17) is 5.11 Å². The fraction of sp³-hybridized carbons (Fsp3) is 1.00. The van der Waals surface area contributed by atoms with Gasteiger partial charge in [-0.25, -0.2) is 0 Å². The van der Waals surface area contributed by atoms with Gasteiger partial charge in [-0.1, -0.05) is 0 Å². The van der Waals surface area contributed by atoms with Gasteiger partial charge < -0.3 is 14.8 Å². The summed E-state index contributed by atoms with van der Waals surface area (Å²) in [5.41, 5.74) is 0. The van der Waals surface area contributed by atoms with Crippen LogP contribution >= 0.6 is 0 Å². The lowest BCUT2D eigenvalue weighted by atomic mass is 10.4. The van der Waals surface area contributed by atoms with Crippen LogP contribution in [-0.2, 0) is 9.68 Å². The van der Waals surface area contributed by atoms with Gasteiger partial charge in [0.1, 0.15) is 6.61 Å². The molecule has 0 aliphatic carbocycles. The molecule has 0 unspecified atom stereocenters. The van der Waals surface area contributed by atoms with Crippen LogP contribution in [0.15, 0.2) is 0 Å². The summed E-state index contributed by atoms with van der Waals surface area (Å²) in [4.78, 5) is 26.8. The number of aliphatic hydroxyl groups excluding tert-OH is 1. The molecule has 0 aromatic heterocycles. The number of nitrogens with zero attached hydrogens (tertiary/aromatic N) is 2. The van der Waals surface area contributed by atoms with Gasteiger partial charge in [-0.05, 0) is 0 Å². The third-order valence-corrected chi connectivity index (χ3v) is 0.805. The maximum absolute atomic E-state index is 9.66. The van der Waals surface area contributed by atoms with Gasteiger partial charge in [-0.3, -0.25) is 0 Å². The summed E-state index contributed by atoms with van der Waals surface area (Å²) in [5.74, 6) is 0. The highest BCUT2D eigenvalue weighted by Gasteiger charge is 2.13. The molecule has 12 heavy (non-hydrogen) atoms. The Bertz CT molecular complexity index is 170. The van der Waals surface area contributed by atoms with Gasteiger partial charge in [0, 0.05) is 0 Å². The van der Waals surface area contributed by atoms with Crippen LogP contribution in [0.1, 0.15) is 0 Å². The van der Waals surface area contributed by atoms with Crippen LogP contribution in [0.2, 0.25) is 0 Å². The zero-order valence-corrected chi connectivity index (χ0v) is 5.78. The summed E-state index contributed by atoms with van der Waals surface area (Å²) in [6, 6.07) is 0. The van der Waals surface area contributed by atoms with Gasteiger partial charge in [0.2, 0.25) is 0 Å². The van der Waals surface area contributed by atoms with E-state index in [0.29, 0.717) is 0 Å². The zero-order chi connectivity index (χ0) is 9.56. The van der Waals surface area contributed by atoms with Crippen molar-refractivity contribution in [2.45, 2.75) is 6.10 Å². The van der Waals surface area contributed by atoms with Crippen molar-refractivity contribution < 1.29 is 25.0 Å². The summed E-state index contributed by atoms with van der Waals surface area (Å²) in [6.45, 7) is -1.40. The zero-order valence-electron chi connectivity index (χ0n) is 5.78. The topological polar surface area (TPSA) is 125 Å². The van der Waals surface area contributed by atoms with Crippen LogP contribution < -0.4 is 0 Å². The van der Waals surface area contributed by atoms with Gasteiger partial charge in [-0.15, -0.1) is 20.2 Å². The van der Waals surface area contributed by atoms with Gasteiger partial charge >= 0.3 is 0 Å². The summed E-state index contributed by atoms with van der Waals surface area (Å²) in [7, 11) is 0. The van der Waals surface area contributed by atoms with Crippen LogP contribution in [0.4, 0.5) is 0 Å². The smallest absolute Gasteiger partial charge is 0.294 e. The molecular formula is C3H6N2O7. The molecule has 1 atom stereocenters. The van der Waals surface area contributed by atoms with Crippen molar-refractivity contribution in [1.29, 1.82) is 0 Å². The average molecular weight is 182 g/mol. The van der Waals surface area contributed by atoms with E-state index in [2.05, 4.69) is 9.68 Å². The van der Waals surface area contributed by atoms with Crippen molar-refractivity contribution in [3.05, 3.63) is 20.2 Å². The van der Waals surface area contributed by atoms with Crippen LogP contribution in [0.5, 0.6) is 0 Å². The summed E-state index contributed by atoms with van der Waals surface area (Å²) >= 11 is 0. The summed E-state index contributed by atoms with van der Waals surface area (Å²) in [5, 5.41) is 25.3. The highest BCUT2D eigenvalue weighted by atomic mass is 17.0. The third kappa shape index (κ3) is 5.17. The molecular weight excluding hydrogens is 176 g/mol. The highest BCUT2D eigenvalue weighted by molar-refractivity contribution is 4.48. The number of rotatable bonds is 6. The molecule has 0 aromatic carbocycles. The van der Waals surface area contributed by atoms with Crippen LogP contribution in [0.25, 0.3) is 0 Å². The van der Waals surface area contributed by atoms with E-state index >= 15 is 0 Å². The van der Waals surface area contributed by atoms with Crippen molar-refractivity contribution in [3.8, 4) is 0 Å². The molecule has 0 bridgehead atoms. The lowest BCUT2D eigenvalue weighted by Crippen LogP contribution is -2.27. The van der Waals surface area contributed by atoms with E-state index in [-0.39, 0.29) is 0 Å². The SMILES string of the molecule is O=[N+]([O-])OC[C@H](CO)O[N+](=O)[O-]. The molecule has 1 N–H and O–H groups in total. The largest absolute Gasteiger partial charge is 0.394 e. The van der Waals surface area contributed by atoms with Crippen LogP contribution in [-0.4, -0.2) is 34.6 Å². The van der Waals surface area contributed by atoms with E-state index in [0.717, 1.165) is 0 Å². The monoisotopic (exact) mass is 182 g/mol. The molecule has 0 saturated heterocycles. The molecule has 0 rings (SSSR count). The third-order valence-electron chi connectivity index (χ3n) is 0.805. The quantitative estimate of drug-likeness (QED) is 0.402. The fourth-order valence-electron chi connectivity index (χ4n) is 0.382. The molecule has 0 spiro atoms. The lowest BCUT2D eigenvalue weighted by Gasteiger charge is -2.08. The minimum atomic E-state index is -1.33. The van der Waals surface area contributed by atoms with E-state index in [1.807, 2.05) is 0 Å². The van der Waals surface area contributed by atoms with E-state index in [1.54, 1.807) is 0 Å². The molecule has 70 valence electrons. The molecule has 0 radical (unpaired) electrons. The first-order chi connectivity index (χ1) is 5.56. The Hall–Kier alpha value is -1.64. The second kappa shape index (κ2) is 5.07. The molecule has 0 heterocycles. The first kappa shape index (κ1) is 10.4. The second-order valence-corrected chi connectivity index (χ2v) is 1.65. The van der Waals surface area contributed by atoms with Gasteiger partial charge in [-0.2, -0.15) is 0 Å². The maximum atomic E-state index is 9.66. The number of aliphatic hydroxyl groups is 1. The molecule has 9 nitrogen and oxygen atoms in total. The first-order valence-corrected chi connectivity index (χ1v) is 2.75. The first-order valence-electron chi connectivity index (χ1n) is 2.75. The summed E-state index contributed by atoms with van der Waals surface area (Å²) < 4.78 is 0. The normalized spacial score (nSPS) is 11.8. The van der Waals surface area contributed by atoms with Crippen molar-refractivity contribution in [3.63, 3.8) is 0 Å². The standard InChI is InChI=1S/C3H6N2O7/c6-1-3(12-5(9)10)2-11-4(7)8/h3,6H,1-2H2/t3-/m0/s1. The van der Waals surface area contributed by atoms with E-state index < -0.39 is 29.5 Å².